The number of aliphatic hydroxyl groups excluding tert-OH is 1. The molecule has 0 aliphatic carbocycles. The first-order chi connectivity index (χ1) is 38.2. The normalized spacial score (nSPS) is 14.0. The van der Waals surface area contributed by atoms with Gasteiger partial charge in [-0.25, -0.2) is 4.57 Å². The van der Waals surface area contributed by atoms with E-state index in [2.05, 4.69) is 106 Å². The summed E-state index contributed by atoms with van der Waals surface area (Å²) in [7, 11) is -4.77. The first-order valence-corrected chi connectivity index (χ1v) is 32.6. The van der Waals surface area contributed by atoms with Gasteiger partial charge in [-0.1, -0.05) is 253 Å². The summed E-state index contributed by atoms with van der Waals surface area (Å²) in [6.45, 7) is 4.37. The van der Waals surface area contributed by atoms with E-state index in [1.54, 1.807) is 0 Å². The van der Waals surface area contributed by atoms with Gasteiger partial charge in [0.1, 0.15) is 12.7 Å². The van der Waals surface area contributed by atoms with E-state index in [0.717, 1.165) is 103 Å². The predicted octanol–water partition coefficient (Wildman–Crippen LogP) is 18.8. The van der Waals surface area contributed by atoms with E-state index in [4.69, 9.17) is 23.3 Å². The van der Waals surface area contributed by atoms with Crippen molar-refractivity contribution in [1.82, 2.24) is 0 Å². The summed E-state index contributed by atoms with van der Waals surface area (Å²) < 4.78 is 39.6. The van der Waals surface area contributed by atoms with Gasteiger partial charge in [-0.3, -0.25) is 23.4 Å². The Hall–Kier alpha value is -3.60. The first kappa shape index (κ1) is 74.4. The van der Waals surface area contributed by atoms with Crippen molar-refractivity contribution in [1.29, 1.82) is 0 Å². The Labute approximate surface area is 476 Å². The molecule has 0 spiro atoms. The molecule has 3 unspecified atom stereocenters. The number of hydrogen-bond acceptors (Lipinski definition) is 10. The molecule has 11 nitrogen and oxygen atoms in total. The zero-order chi connectivity index (χ0) is 56.9. The maximum absolute atomic E-state index is 12.9. The number of phosphoric ester groups is 1. The van der Waals surface area contributed by atoms with Crippen LogP contribution in [0, 0.1) is 0 Å². The summed E-state index contributed by atoms with van der Waals surface area (Å²) in [5.74, 6) is -1.54. The zero-order valence-corrected chi connectivity index (χ0v) is 50.5. The van der Waals surface area contributed by atoms with Crippen molar-refractivity contribution in [2.75, 3.05) is 26.4 Å². The fraction of sp³-hybridized carbons (Fsp3) is 0.712. The molecule has 0 aliphatic rings. The third kappa shape index (κ3) is 57.1. The number of carbonyl (C=O) groups excluding carboxylic acids is 3. The van der Waals surface area contributed by atoms with Gasteiger partial charge < -0.3 is 24.2 Å². The lowest BCUT2D eigenvalue weighted by molar-refractivity contribution is -0.161. The molecule has 0 heterocycles. The number of rotatable bonds is 57. The Morgan fingerprint density at radius 2 is 0.679 bits per heavy atom. The highest BCUT2D eigenvalue weighted by molar-refractivity contribution is 7.47. The lowest BCUT2D eigenvalue weighted by atomic mass is 10.0. The Bertz CT molecular complexity index is 1680. The van der Waals surface area contributed by atoms with Crippen LogP contribution in [0.15, 0.2) is 97.2 Å². The summed E-state index contributed by atoms with van der Waals surface area (Å²) in [5, 5.41) is 9.83. The molecular weight excluding hydrogens is 1000 g/mol. The molecule has 0 amide bonds. The highest BCUT2D eigenvalue weighted by Gasteiger charge is 2.28. The minimum atomic E-state index is -4.77. The van der Waals surface area contributed by atoms with Crippen LogP contribution >= 0.6 is 7.82 Å². The van der Waals surface area contributed by atoms with Crippen LogP contribution < -0.4 is 0 Å². The molecular formula is C66H113O11P. The van der Waals surface area contributed by atoms with Crippen molar-refractivity contribution in [2.45, 2.75) is 277 Å². The molecule has 0 radical (unpaired) electrons. The average Bonchev–Trinajstić information content (AvgIpc) is 3.43. The molecule has 2 N–H and O–H groups in total. The van der Waals surface area contributed by atoms with E-state index < -0.39 is 57.8 Å². The van der Waals surface area contributed by atoms with Crippen molar-refractivity contribution < 1.29 is 52.2 Å². The molecule has 12 heteroatoms. The fourth-order valence-corrected chi connectivity index (χ4v) is 9.13. The van der Waals surface area contributed by atoms with Crippen molar-refractivity contribution >= 4 is 25.7 Å². The van der Waals surface area contributed by atoms with Crippen LogP contribution in [0.25, 0.3) is 0 Å². The molecule has 78 heavy (non-hydrogen) atoms. The molecule has 0 aromatic carbocycles. The monoisotopic (exact) mass is 1110 g/mol. The maximum Gasteiger partial charge on any atom is 0.472 e. The second kappa shape index (κ2) is 59.5. The third-order valence-electron chi connectivity index (χ3n) is 13.0. The number of allylic oxidation sites excluding steroid dienone is 16. The first-order valence-electron chi connectivity index (χ1n) is 31.1. The van der Waals surface area contributed by atoms with Gasteiger partial charge in [-0.15, -0.1) is 0 Å². The minimum absolute atomic E-state index is 0.0949. The van der Waals surface area contributed by atoms with Gasteiger partial charge in [-0.05, 0) is 89.9 Å². The quantitative estimate of drug-likeness (QED) is 0.0197. The van der Waals surface area contributed by atoms with Gasteiger partial charge in [0.2, 0.25) is 0 Å². The van der Waals surface area contributed by atoms with E-state index in [1.165, 1.54) is 96.3 Å². The minimum Gasteiger partial charge on any atom is -0.462 e. The van der Waals surface area contributed by atoms with Crippen LogP contribution in [-0.4, -0.2) is 66.5 Å². The molecule has 0 bridgehead atoms. The second-order valence-corrected chi connectivity index (χ2v) is 21.9. The Kier molecular flexibility index (Phi) is 56.8. The van der Waals surface area contributed by atoms with Gasteiger partial charge in [0, 0.05) is 19.3 Å². The summed E-state index contributed by atoms with van der Waals surface area (Å²) >= 11 is 0. The van der Waals surface area contributed by atoms with E-state index in [0.29, 0.717) is 25.7 Å². The molecule has 0 aliphatic heterocycles. The van der Waals surface area contributed by atoms with Crippen LogP contribution in [0.3, 0.4) is 0 Å². The zero-order valence-electron chi connectivity index (χ0n) is 49.6. The number of phosphoric acid groups is 1. The maximum atomic E-state index is 12.9. The summed E-state index contributed by atoms with van der Waals surface area (Å²) in [6.07, 6.45) is 70.9. The molecule has 3 atom stereocenters. The van der Waals surface area contributed by atoms with E-state index >= 15 is 0 Å². The molecule has 0 rings (SSSR count). The third-order valence-corrected chi connectivity index (χ3v) is 14.0. The highest BCUT2D eigenvalue weighted by Crippen LogP contribution is 2.43. The van der Waals surface area contributed by atoms with Gasteiger partial charge in [0.15, 0.2) is 6.10 Å². The number of ether oxygens (including phenoxy) is 3. The highest BCUT2D eigenvalue weighted by atomic mass is 31.2. The molecule has 0 fully saturated rings. The topological polar surface area (TPSA) is 155 Å². The Morgan fingerprint density at radius 1 is 0.372 bits per heavy atom. The number of unbranched alkanes of at least 4 members (excludes halogenated alkanes) is 24. The molecule has 448 valence electrons. The van der Waals surface area contributed by atoms with Crippen LogP contribution in [0.4, 0.5) is 0 Å². The average molecular weight is 1110 g/mol. The lowest BCUT2D eigenvalue weighted by Crippen LogP contribution is -2.30. The largest absolute Gasteiger partial charge is 0.472 e. The number of carbonyl (C=O) groups is 3. The standard InChI is InChI=1S/C66H113O11P/c1-4-7-10-13-16-19-22-25-28-30-31-33-36-39-42-45-48-51-54-57-66(70)77-63(59-73-64(68)55-52-49-46-43-40-37-34-27-24-21-18-15-12-9-6-3)61-75-78(71,72)74-60-62(58-67)76-65(69)56-53-50-47-44-41-38-35-32-29-26-23-20-17-14-11-8-5-2/h8-9,11-12,17-18,20-21,26-27,29,34-35,38,44,47,62-63,67H,4-7,10,13-16,19,22-25,28,30-33,36-37,39-43,45-46,48-61H2,1-3H3,(H,71,72)/b11-8-,12-9-,20-17-,21-18-,29-26-,34-27-,38-35-,47-44-. The van der Waals surface area contributed by atoms with Gasteiger partial charge in [0.05, 0.1) is 19.8 Å². The fourth-order valence-electron chi connectivity index (χ4n) is 8.35. The number of aliphatic hydroxyl groups is 1. The molecule has 0 saturated carbocycles. The predicted molar refractivity (Wildman–Crippen MR) is 325 cm³/mol. The van der Waals surface area contributed by atoms with Crippen LogP contribution in [0.5, 0.6) is 0 Å². The van der Waals surface area contributed by atoms with Crippen LogP contribution in [0.2, 0.25) is 0 Å². The van der Waals surface area contributed by atoms with Crippen molar-refractivity contribution in [3.8, 4) is 0 Å². The number of hydrogen-bond donors (Lipinski definition) is 2. The Balaban J connectivity index is 4.76. The van der Waals surface area contributed by atoms with Gasteiger partial charge in [-0.2, -0.15) is 0 Å². The summed E-state index contributed by atoms with van der Waals surface area (Å²) in [4.78, 5) is 48.7. The number of esters is 3. The van der Waals surface area contributed by atoms with Crippen molar-refractivity contribution in [2.24, 2.45) is 0 Å². The summed E-state index contributed by atoms with van der Waals surface area (Å²) in [5.41, 5.74) is 0. The summed E-state index contributed by atoms with van der Waals surface area (Å²) in [6, 6.07) is 0. The molecule has 0 aromatic heterocycles. The molecule has 0 aromatic rings. The van der Waals surface area contributed by atoms with E-state index in [9.17, 15) is 28.9 Å². The van der Waals surface area contributed by atoms with Gasteiger partial charge in [0.25, 0.3) is 0 Å². The smallest absolute Gasteiger partial charge is 0.462 e. The van der Waals surface area contributed by atoms with Crippen LogP contribution in [-0.2, 0) is 42.2 Å². The van der Waals surface area contributed by atoms with Crippen molar-refractivity contribution in [3.63, 3.8) is 0 Å². The van der Waals surface area contributed by atoms with E-state index in [-0.39, 0.29) is 25.9 Å². The van der Waals surface area contributed by atoms with Gasteiger partial charge >= 0.3 is 25.7 Å². The molecule has 0 saturated heterocycles. The second-order valence-electron chi connectivity index (χ2n) is 20.5. The van der Waals surface area contributed by atoms with E-state index in [1.807, 2.05) is 12.2 Å². The Morgan fingerprint density at radius 3 is 1.08 bits per heavy atom. The SMILES string of the molecule is CC/C=C\C/C=C\C/C=C\C/C=C\C/C=C\CCCC(=O)OC(CO)COP(=O)(O)OCC(COC(=O)CCCCCCC/C=C\C/C=C\C/C=C\CC)OC(=O)CCCCCCCCCCCCCCCCCCCCC. The lowest BCUT2D eigenvalue weighted by Gasteiger charge is -2.21. The van der Waals surface area contributed by atoms with Crippen LogP contribution in [0.1, 0.15) is 265 Å². The van der Waals surface area contributed by atoms with Crippen molar-refractivity contribution in [3.05, 3.63) is 97.2 Å².